The number of hydrogen-bond donors (Lipinski definition) is 2. The van der Waals surface area contributed by atoms with Crippen LogP contribution in [0, 0.1) is 11.7 Å². The van der Waals surface area contributed by atoms with E-state index in [0.29, 0.717) is 4.96 Å². The molecule has 0 radical (unpaired) electrons. The fraction of sp³-hybridized carbons (Fsp3) is 0.474. The SMILES string of the molecule is CCc1nc2sc([C@@H](c3ccc(F)cc3)[NH+]3CCC(C)CC3)c(O)n2n1. The maximum absolute atomic E-state index is 13.4. The van der Waals surface area contributed by atoms with E-state index in [4.69, 9.17) is 0 Å². The molecule has 1 atom stereocenters. The maximum Gasteiger partial charge on any atom is 0.235 e. The summed E-state index contributed by atoms with van der Waals surface area (Å²) in [5.41, 5.74) is 1.02. The van der Waals surface area contributed by atoms with Crippen molar-refractivity contribution in [2.24, 2.45) is 5.92 Å². The Morgan fingerprint density at radius 2 is 2.00 bits per heavy atom. The van der Waals surface area contributed by atoms with Crippen molar-refractivity contribution in [2.75, 3.05) is 13.1 Å². The second kappa shape index (κ2) is 6.96. The number of aromatic hydroxyl groups is 1. The molecule has 26 heavy (non-hydrogen) atoms. The quantitative estimate of drug-likeness (QED) is 0.737. The third-order valence-corrected chi connectivity index (χ3v) is 6.44. The normalized spacial score (nSPS) is 22.0. The molecule has 0 bridgehead atoms. The number of nitrogens with zero attached hydrogens (tertiary/aromatic N) is 3. The maximum atomic E-state index is 13.4. The highest BCUT2D eigenvalue weighted by molar-refractivity contribution is 7.17. The summed E-state index contributed by atoms with van der Waals surface area (Å²) < 4.78 is 15.0. The van der Waals surface area contributed by atoms with E-state index in [2.05, 4.69) is 17.0 Å². The van der Waals surface area contributed by atoms with Crippen LogP contribution in [0.5, 0.6) is 5.88 Å². The summed E-state index contributed by atoms with van der Waals surface area (Å²) >= 11 is 1.49. The number of quaternary nitrogens is 1. The van der Waals surface area contributed by atoms with E-state index in [1.807, 2.05) is 19.1 Å². The van der Waals surface area contributed by atoms with Crippen molar-refractivity contribution in [3.05, 3.63) is 46.3 Å². The Morgan fingerprint density at radius 1 is 1.31 bits per heavy atom. The Morgan fingerprint density at radius 3 is 2.62 bits per heavy atom. The number of fused-ring (bicyclic) bond motifs is 1. The zero-order valence-corrected chi connectivity index (χ0v) is 15.9. The van der Waals surface area contributed by atoms with Crippen LogP contribution in [0.3, 0.4) is 0 Å². The molecule has 4 rings (SSSR count). The van der Waals surface area contributed by atoms with Gasteiger partial charge in [-0.25, -0.2) is 9.37 Å². The summed E-state index contributed by atoms with van der Waals surface area (Å²) in [7, 11) is 0. The van der Waals surface area contributed by atoms with Crippen molar-refractivity contribution in [1.82, 2.24) is 14.6 Å². The number of hydrogen-bond acceptors (Lipinski definition) is 4. The smallest absolute Gasteiger partial charge is 0.235 e. The second-order valence-corrected chi connectivity index (χ2v) is 8.20. The van der Waals surface area contributed by atoms with E-state index in [-0.39, 0.29) is 17.7 Å². The van der Waals surface area contributed by atoms with E-state index >= 15 is 0 Å². The third kappa shape index (κ3) is 3.10. The number of thiazole rings is 1. The highest BCUT2D eigenvalue weighted by atomic mass is 32.1. The summed E-state index contributed by atoms with van der Waals surface area (Å²) in [6, 6.07) is 6.63. The lowest BCUT2D eigenvalue weighted by atomic mass is 9.95. The Labute approximate surface area is 156 Å². The molecule has 3 heterocycles. The topological polar surface area (TPSA) is 54.9 Å². The standard InChI is InChI=1S/C19H23FN4OS/c1-3-15-21-19-24(22-15)18(25)17(26-19)16(13-4-6-14(20)7-5-13)23-10-8-12(2)9-11-23/h4-7,12,16,25H,3,8-11H2,1-2H3/p+1/t16-/m1/s1. The molecule has 0 aliphatic carbocycles. The van der Waals surface area contributed by atoms with Gasteiger partial charge in [0.15, 0.2) is 11.9 Å². The zero-order chi connectivity index (χ0) is 18.3. The van der Waals surface area contributed by atoms with E-state index in [1.54, 1.807) is 4.52 Å². The first-order chi connectivity index (χ1) is 12.6. The molecule has 1 aliphatic rings. The summed E-state index contributed by atoms with van der Waals surface area (Å²) in [5, 5.41) is 15.2. The number of likely N-dealkylation sites (tertiary alicyclic amines) is 1. The minimum Gasteiger partial charge on any atom is -0.492 e. The number of aromatic nitrogens is 3. The van der Waals surface area contributed by atoms with Crippen molar-refractivity contribution in [3.63, 3.8) is 0 Å². The molecule has 1 fully saturated rings. The van der Waals surface area contributed by atoms with Crippen LogP contribution in [-0.4, -0.2) is 32.8 Å². The second-order valence-electron chi connectivity index (χ2n) is 7.19. The molecule has 0 saturated carbocycles. The van der Waals surface area contributed by atoms with Crippen molar-refractivity contribution < 1.29 is 14.4 Å². The van der Waals surface area contributed by atoms with Gasteiger partial charge in [-0.15, -0.1) is 5.10 Å². The third-order valence-electron chi connectivity index (χ3n) is 5.35. The Bertz CT molecular complexity index is 896. The highest BCUT2D eigenvalue weighted by Gasteiger charge is 2.34. The summed E-state index contributed by atoms with van der Waals surface area (Å²) in [6.45, 7) is 6.36. The van der Waals surface area contributed by atoms with Crippen LogP contribution in [0.15, 0.2) is 24.3 Å². The predicted molar refractivity (Wildman–Crippen MR) is 99.2 cm³/mol. The molecule has 1 saturated heterocycles. The summed E-state index contributed by atoms with van der Waals surface area (Å²) in [6.07, 6.45) is 3.06. The van der Waals surface area contributed by atoms with Crippen LogP contribution in [0.4, 0.5) is 4.39 Å². The van der Waals surface area contributed by atoms with Gasteiger partial charge in [-0.1, -0.05) is 25.2 Å². The van der Waals surface area contributed by atoms with E-state index in [9.17, 15) is 9.50 Å². The average Bonchev–Trinajstić information content (AvgIpc) is 3.18. The number of nitrogens with one attached hydrogen (secondary N) is 1. The first-order valence-corrected chi connectivity index (χ1v) is 10.1. The van der Waals surface area contributed by atoms with Gasteiger partial charge in [-0.3, -0.25) is 0 Å². The van der Waals surface area contributed by atoms with Crippen LogP contribution in [0.2, 0.25) is 0 Å². The van der Waals surface area contributed by atoms with Gasteiger partial charge in [0.2, 0.25) is 10.8 Å². The summed E-state index contributed by atoms with van der Waals surface area (Å²) in [5.74, 6) is 1.39. The number of halogens is 1. The van der Waals surface area contributed by atoms with Crippen LogP contribution >= 0.6 is 11.3 Å². The molecule has 7 heteroatoms. The molecular weight excluding hydrogens is 351 g/mol. The fourth-order valence-electron chi connectivity index (χ4n) is 3.78. The number of benzene rings is 1. The highest BCUT2D eigenvalue weighted by Crippen LogP contribution is 2.35. The molecule has 2 N–H and O–H groups in total. The largest absolute Gasteiger partial charge is 0.492 e. The first-order valence-electron chi connectivity index (χ1n) is 9.24. The average molecular weight is 375 g/mol. The van der Waals surface area contributed by atoms with E-state index < -0.39 is 0 Å². The lowest BCUT2D eigenvalue weighted by Gasteiger charge is -2.33. The fourth-order valence-corrected chi connectivity index (χ4v) is 4.94. The predicted octanol–water partition coefficient (Wildman–Crippen LogP) is 2.60. The van der Waals surface area contributed by atoms with Gasteiger partial charge in [0.1, 0.15) is 10.7 Å². The lowest BCUT2D eigenvalue weighted by Crippen LogP contribution is -3.13. The van der Waals surface area contributed by atoms with Crippen molar-refractivity contribution in [2.45, 2.75) is 39.2 Å². The van der Waals surface area contributed by atoms with Gasteiger partial charge in [-0.05, 0) is 43.0 Å². The van der Waals surface area contributed by atoms with Crippen LogP contribution in [-0.2, 0) is 6.42 Å². The number of rotatable bonds is 4. The molecule has 0 amide bonds. The molecule has 3 aromatic rings. The van der Waals surface area contributed by atoms with Gasteiger partial charge < -0.3 is 10.0 Å². The van der Waals surface area contributed by atoms with Crippen LogP contribution in [0.25, 0.3) is 4.96 Å². The van der Waals surface area contributed by atoms with Crippen LogP contribution in [0.1, 0.15) is 49.0 Å². The Hall–Kier alpha value is -1.99. The summed E-state index contributed by atoms with van der Waals surface area (Å²) in [4.78, 5) is 7.48. The molecule has 1 aromatic carbocycles. The monoisotopic (exact) mass is 375 g/mol. The van der Waals surface area contributed by atoms with Crippen molar-refractivity contribution in [3.8, 4) is 5.88 Å². The Balaban J connectivity index is 1.78. The first kappa shape index (κ1) is 17.4. The number of aryl methyl sites for hydroxylation is 1. The van der Waals surface area contributed by atoms with Gasteiger partial charge in [0.05, 0.1) is 13.1 Å². The minimum absolute atomic E-state index is 0.0262. The van der Waals surface area contributed by atoms with E-state index in [0.717, 1.165) is 54.5 Å². The van der Waals surface area contributed by atoms with E-state index in [1.165, 1.54) is 28.4 Å². The van der Waals surface area contributed by atoms with Gasteiger partial charge in [0.25, 0.3) is 0 Å². The molecule has 0 unspecified atom stereocenters. The lowest BCUT2D eigenvalue weighted by molar-refractivity contribution is -0.931. The van der Waals surface area contributed by atoms with Crippen LogP contribution < -0.4 is 4.90 Å². The molecule has 2 aromatic heterocycles. The van der Waals surface area contributed by atoms with Gasteiger partial charge in [0, 0.05) is 12.0 Å². The van der Waals surface area contributed by atoms with Crippen molar-refractivity contribution >= 4 is 16.3 Å². The van der Waals surface area contributed by atoms with Gasteiger partial charge >= 0.3 is 0 Å². The molecule has 138 valence electrons. The minimum atomic E-state index is -0.241. The molecule has 5 nitrogen and oxygen atoms in total. The molecular formula is C19H24FN4OS+. The molecule has 1 aliphatic heterocycles. The Kier molecular flexibility index (Phi) is 4.67. The zero-order valence-electron chi connectivity index (χ0n) is 15.1. The van der Waals surface area contributed by atoms with Crippen molar-refractivity contribution in [1.29, 1.82) is 0 Å². The van der Waals surface area contributed by atoms with Gasteiger partial charge in [-0.2, -0.15) is 4.52 Å². The number of piperidine rings is 1. The molecule has 0 spiro atoms.